The lowest BCUT2D eigenvalue weighted by Gasteiger charge is -2.12. The third-order valence-electron chi connectivity index (χ3n) is 2.43. The lowest BCUT2D eigenvalue weighted by molar-refractivity contribution is 0.627. The summed E-state index contributed by atoms with van der Waals surface area (Å²) in [5.74, 6) is 0.340. The zero-order chi connectivity index (χ0) is 14.7. The number of hydrogen-bond donors (Lipinski definition) is 1. The first kappa shape index (κ1) is 14.7. The van der Waals surface area contributed by atoms with Gasteiger partial charge in [-0.1, -0.05) is 17.7 Å². The number of hydrogen-bond acceptors (Lipinski definition) is 5. The first-order chi connectivity index (χ1) is 9.45. The van der Waals surface area contributed by atoms with Gasteiger partial charge in [-0.15, -0.1) is 0 Å². The second kappa shape index (κ2) is 6.19. The van der Waals surface area contributed by atoms with Crippen LogP contribution >= 0.6 is 23.2 Å². The Morgan fingerprint density at radius 2 is 1.95 bits per heavy atom. The van der Waals surface area contributed by atoms with Crippen molar-refractivity contribution in [2.75, 3.05) is 24.3 Å². The average Bonchev–Trinajstić information content (AvgIpc) is 2.39. The van der Waals surface area contributed by atoms with Gasteiger partial charge in [-0.05, 0) is 29.3 Å². The van der Waals surface area contributed by atoms with Gasteiger partial charge in [-0.25, -0.2) is 4.39 Å². The van der Waals surface area contributed by atoms with Crippen LogP contribution in [0.1, 0.15) is 5.56 Å². The van der Waals surface area contributed by atoms with Gasteiger partial charge in [0.2, 0.25) is 17.2 Å². The summed E-state index contributed by atoms with van der Waals surface area (Å²) in [4.78, 5) is 13.8. The molecule has 0 unspecified atom stereocenters. The van der Waals surface area contributed by atoms with Crippen LogP contribution in [0.15, 0.2) is 18.2 Å². The van der Waals surface area contributed by atoms with E-state index >= 15 is 0 Å². The van der Waals surface area contributed by atoms with Crippen LogP contribution in [0.25, 0.3) is 0 Å². The van der Waals surface area contributed by atoms with Crippen LogP contribution in [-0.4, -0.2) is 29.0 Å². The van der Waals surface area contributed by atoms with Crippen LogP contribution in [0, 0.1) is 5.82 Å². The van der Waals surface area contributed by atoms with Crippen LogP contribution in [-0.2, 0) is 6.54 Å². The van der Waals surface area contributed by atoms with Crippen LogP contribution in [0.2, 0.25) is 10.3 Å². The Bertz CT molecular complexity index is 621. The number of aromatic nitrogens is 3. The fourth-order valence-electron chi connectivity index (χ4n) is 1.45. The highest BCUT2D eigenvalue weighted by Crippen LogP contribution is 2.17. The van der Waals surface area contributed by atoms with Crippen LogP contribution < -0.4 is 10.2 Å². The molecule has 8 heteroatoms. The largest absolute Gasteiger partial charge is 0.350 e. The van der Waals surface area contributed by atoms with Gasteiger partial charge in [0.25, 0.3) is 0 Å². The maximum absolute atomic E-state index is 13.0. The van der Waals surface area contributed by atoms with Crippen LogP contribution in [0.5, 0.6) is 0 Å². The lowest BCUT2D eigenvalue weighted by Crippen LogP contribution is -2.15. The maximum atomic E-state index is 13.0. The molecular weight excluding hydrogens is 304 g/mol. The Balaban J connectivity index is 2.12. The first-order valence-corrected chi connectivity index (χ1v) is 6.48. The summed E-state index contributed by atoms with van der Waals surface area (Å²) >= 11 is 11.5. The molecule has 1 N–H and O–H groups in total. The van der Waals surface area contributed by atoms with Gasteiger partial charge >= 0.3 is 0 Å². The quantitative estimate of drug-likeness (QED) is 0.940. The van der Waals surface area contributed by atoms with E-state index in [1.807, 2.05) is 0 Å². The molecule has 1 aromatic heterocycles. The summed E-state index contributed by atoms with van der Waals surface area (Å²) in [6.45, 7) is 0.396. The standard InChI is InChI=1S/C12H12Cl2FN5/c1-20(2)12-18-10(14)17-11(19-12)16-6-7-3-4-9(15)8(13)5-7/h3-5H,6H2,1-2H3,(H,16,17,18,19). The highest BCUT2D eigenvalue weighted by atomic mass is 35.5. The molecular formula is C12H12Cl2FN5. The minimum absolute atomic E-state index is 0.0759. The Hall–Kier alpha value is -1.66. The predicted octanol–water partition coefficient (Wildman–Crippen LogP) is 3.00. The summed E-state index contributed by atoms with van der Waals surface area (Å²) in [6, 6.07) is 4.48. The van der Waals surface area contributed by atoms with Gasteiger partial charge in [0.15, 0.2) is 0 Å². The Labute approximate surface area is 125 Å². The molecule has 0 amide bonds. The van der Waals surface area contributed by atoms with Gasteiger partial charge in [0.1, 0.15) is 5.82 Å². The molecule has 20 heavy (non-hydrogen) atoms. The summed E-state index contributed by atoms with van der Waals surface area (Å²) in [7, 11) is 3.60. The number of halogens is 3. The molecule has 1 aromatic carbocycles. The van der Waals surface area contributed by atoms with Crippen molar-refractivity contribution in [1.29, 1.82) is 0 Å². The van der Waals surface area contributed by atoms with Gasteiger partial charge in [-0.2, -0.15) is 15.0 Å². The van der Waals surface area contributed by atoms with Gasteiger partial charge in [-0.3, -0.25) is 0 Å². The minimum atomic E-state index is -0.450. The lowest BCUT2D eigenvalue weighted by atomic mass is 10.2. The van der Waals surface area contributed by atoms with Crippen LogP contribution in [0.3, 0.4) is 0 Å². The molecule has 1 heterocycles. The topological polar surface area (TPSA) is 53.9 Å². The summed E-state index contributed by atoms with van der Waals surface area (Å²) in [5.41, 5.74) is 0.805. The van der Waals surface area contributed by atoms with Gasteiger partial charge in [0.05, 0.1) is 5.02 Å². The molecule has 0 spiro atoms. The zero-order valence-electron chi connectivity index (χ0n) is 10.9. The van der Waals surface area contributed by atoms with Crippen molar-refractivity contribution in [2.45, 2.75) is 6.54 Å². The molecule has 0 fully saturated rings. The third kappa shape index (κ3) is 3.68. The van der Waals surface area contributed by atoms with Gasteiger partial charge < -0.3 is 10.2 Å². The molecule has 0 aliphatic heterocycles. The van der Waals surface area contributed by atoms with E-state index in [4.69, 9.17) is 23.2 Å². The fourth-order valence-corrected chi connectivity index (χ4v) is 1.81. The smallest absolute Gasteiger partial charge is 0.230 e. The fraction of sp³-hybridized carbons (Fsp3) is 0.250. The number of benzene rings is 1. The van der Waals surface area contributed by atoms with E-state index in [-0.39, 0.29) is 10.3 Å². The number of rotatable bonds is 4. The normalized spacial score (nSPS) is 10.4. The molecule has 0 aliphatic rings. The van der Waals surface area contributed by atoms with Crippen molar-refractivity contribution in [3.8, 4) is 0 Å². The third-order valence-corrected chi connectivity index (χ3v) is 2.89. The molecule has 106 valence electrons. The van der Waals surface area contributed by atoms with Crippen molar-refractivity contribution >= 4 is 35.1 Å². The van der Waals surface area contributed by atoms with Crippen molar-refractivity contribution in [2.24, 2.45) is 0 Å². The van der Waals surface area contributed by atoms with Crippen molar-refractivity contribution in [3.05, 3.63) is 39.9 Å². The monoisotopic (exact) mass is 315 g/mol. The van der Waals surface area contributed by atoms with Crippen molar-refractivity contribution in [3.63, 3.8) is 0 Å². The molecule has 0 atom stereocenters. The average molecular weight is 316 g/mol. The van der Waals surface area contributed by atoms with E-state index in [2.05, 4.69) is 20.3 Å². The van der Waals surface area contributed by atoms with Gasteiger partial charge in [0, 0.05) is 20.6 Å². The van der Waals surface area contributed by atoms with E-state index in [0.717, 1.165) is 5.56 Å². The summed E-state index contributed by atoms with van der Waals surface area (Å²) in [6.07, 6.45) is 0. The molecule has 5 nitrogen and oxygen atoms in total. The number of anilines is 2. The predicted molar refractivity (Wildman–Crippen MR) is 77.9 cm³/mol. The minimum Gasteiger partial charge on any atom is -0.350 e. The molecule has 0 bridgehead atoms. The molecule has 2 aromatic rings. The van der Waals surface area contributed by atoms with Crippen molar-refractivity contribution in [1.82, 2.24) is 15.0 Å². The highest BCUT2D eigenvalue weighted by Gasteiger charge is 2.07. The Kier molecular flexibility index (Phi) is 4.57. The van der Waals surface area contributed by atoms with E-state index in [1.54, 1.807) is 31.1 Å². The van der Waals surface area contributed by atoms with E-state index in [1.165, 1.54) is 6.07 Å². The summed E-state index contributed by atoms with van der Waals surface area (Å²) in [5, 5.41) is 3.17. The second-order valence-corrected chi connectivity index (χ2v) is 4.97. The van der Waals surface area contributed by atoms with Crippen molar-refractivity contribution < 1.29 is 4.39 Å². The maximum Gasteiger partial charge on any atom is 0.230 e. The molecule has 0 saturated heterocycles. The second-order valence-electron chi connectivity index (χ2n) is 4.22. The molecule has 0 radical (unpaired) electrons. The molecule has 0 aliphatic carbocycles. The Morgan fingerprint density at radius 1 is 1.20 bits per heavy atom. The molecule has 0 saturated carbocycles. The first-order valence-electron chi connectivity index (χ1n) is 5.72. The van der Waals surface area contributed by atoms with E-state index in [9.17, 15) is 4.39 Å². The van der Waals surface area contributed by atoms with Crippen LogP contribution in [0.4, 0.5) is 16.3 Å². The SMILES string of the molecule is CN(C)c1nc(Cl)nc(NCc2ccc(F)c(Cl)c2)n1. The highest BCUT2D eigenvalue weighted by molar-refractivity contribution is 6.30. The Morgan fingerprint density at radius 3 is 2.60 bits per heavy atom. The summed E-state index contributed by atoms with van der Waals surface area (Å²) < 4.78 is 13.0. The number of nitrogens with one attached hydrogen (secondary N) is 1. The van der Waals surface area contributed by atoms with E-state index in [0.29, 0.717) is 18.4 Å². The zero-order valence-corrected chi connectivity index (χ0v) is 12.4. The molecule has 2 rings (SSSR count). The number of nitrogens with zero attached hydrogens (tertiary/aromatic N) is 4. The van der Waals surface area contributed by atoms with E-state index < -0.39 is 5.82 Å².